The van der Waals surface area contributed by atoms with Gasteiger partial charge in [-0.2, -0.15) is 5.10 Å². The van der Waals surface area contributed by atoms with Gasteiger partial charge in [0.1, 0.15) is 5.60 Å². The molecule has 1 atom stereocenters. The minimum absolute atomic E-state index is 0.0173. The third kappa shape index (κ3) is 5.39. The van der Waals surface area contributed by atoms with Gasteiger partial charge in [-0.05, 0) is 118 Å². The van der Waals surface area contributed by atoms with E-state index in [-0.39, 0.29) is 30.4 Å². The fraction of sp³-hybridized carbons (Fsp3) is 0.486. The number of nitrogens with zero attached hydrogens (tertiary/aromatic N) is 4. The summed E-state index contributed by atoms with van der Waals surface area (Å²) in [7, 11) is 0. The van der Waals surface area contributed by atoms with Crippen LogP contribution in [0.15, 0.2) is 61.1 Å². The van der Waals surface area contributed by atoms with Crippen LogP contribution in [0.3, 0.4) is 0 Å². The molecule has 1 saturated heterocycles. The Labute approximate surface area is 251 Å². The molecule has 2 aromatic carbocycles. The highest BCUT2D eigenvalue weighted by atomic mass is 19.3. The maximum Gasteiger partial charge on any atom is 0.418 e. The molecule has 2 aliphatic carbocycles. The van der Waals surface area contributed by atoms with Gasteiger partial charge in [0.05, 0.1) is 11.2 Å². The Hall–Kier alpha value is -3.52. The maximum absolute atomic E-state index is 14.2. The van der Waals surface area contributed by atoms with Crippen molar-refractivity contribution in [3.63, 3.8) is 0 Å². The summed E-state index contributed by atoms with van der Waals surface area (Å²) in [4.78, 5) is 15.7. The van der Waals surface area contributed by atoms with E-state index in [0.29, 0.717) is 12.5 Å². The molecule has 1 aliphatic heterocycles. The Kier molecular flexibility index (Phi) is 6.58. The van der Waals surface area contributed by atoms with E-state index in [0.717, 1.165) is 47.1 Å². The lowest BCUT2D eigenvalue weighted by Crippen LogP contribution is -2.53. The van der Waals surface area contributed by atoms with Gasteiger partial charge in [0.25, 0.3) is 0 Å². The van der Waals surface area contributed by atoms with Crippen molar-refractivity contribution >= 4 is 17.0 Å². The molecule has 0 N–H and O–H groups in total. The number of aryl methyl sites for hydroxylation is 1. The van der Waals surface area contributed by atoms with E-state index in [4.69, 9.17) is 4.74 Å². The number of piperidine rings is 1. The predicted octanol–water partition coefficient (Wildman–Crippen LogP) is 8.55. The van der Waals surface area contributed by atoms with Gasteiger partial charge in [0.15, 0.2) is 0 Å². The molecule has 0 amide bonds. The minimum atomic E-state index is -2.55. The van der Waals surface area contributed by atoms with Crippen LogP contribution in [-0.4, -0.2) is 43.4 Å². The number of likely N-dealkylation sites (tertiary alicyclic amines) is 1. The number of fused-ring (bicyclic) bond motifs is 1. The number of rotatable bonds is 5. The second kappa shape index (κ2) is 10.0. The molecule has 8 heteroatoms. The summed E-state index contributed by atoms with van der Waals surface area (Å²) in [5, 5.41) is 5.43. The fourth-order valence-electron chi connectivity index (χ4n) is 7.56. The largest absolute Gasteiger partial charge is 0.443 e. The fourth-order valence-corrected chi connectivity index (χ4v) is 7.56. The monoisotopic (exact) mass is 586 g/mol. The number of hydrogen-bond acceptors (Lipinski definition) is 4. The lowest BCUT2D eigenvalue weighted by molar-refractivity contribution is -0.186. The van der Waals surface area contributed by atoms with E-state index >= 15 is 0 Å². The van der Waals surface area contributed by atoms with Crippen molar-refractivity contribution < 1.29 is 18.3 Å². The summed E-state index contributed by atoms with van der Waals surface area (Å²) in [5.74, 6) is -2.03. The third-order valence-corrected chi connectivity index (χ3v) is 9.58. The second-order valence-corrected chi connectivity index (χ2v) is 14.2. The smallest absolute Gasteiger partial charge is 0.418 e. The van der Waals surface area contributed by atoms with Gasteiger partial charge < -0.3 is 4.74 Å². The lowest BCUT2D eigenvalue weighted by Gasteiger charge is -2.54. The molecule has 0 bridgehead atoms. The van der Waals surface area contributed by atoms with Crippen LogP contribution in [-0.2, 0) is 11.3 Å². The molecule has 43 heavy (non-hydrogen) atoms. The Balaban J connectivity index is 1.26. The number of carbonyl (C=O) groups is 1. The van der Waals surface area contributed by atoms with Gasteiger partial charge in [0.2, 0.25) is 5.92 Å². The molecule has 4 aromatic rings. The van der Waals surface area contributed by atoms with Crippen molar-refractivity contribution in [1.29, 1.82) is 0 Å². The molecule has 3 fully saturated rings. The Morgan fingerprint density at radius 2 is 1.84 bits per heavy atom. The maximum atomic E-state index is 14.2. The standard InChI is InChI=1S/C35H40F2N4O2/c1-23-18-28(24-6-7-24)29(27-12-16-40(31(23)27)32(42)43-33(2,3)4)20-39-17-13-34(21-35(36,37)22-34)19-30(39)25-8-10-26(11-9-25)41-15-5-14-38-41/h5,8-12,14-16,18,24,30H,6-7,13,17,19-22H2,1-4H3/t30-/m1/s1. The van der Waals surface area contributed by atoms with Gasteiger partial charge >= 0.3 is 6.09 Å². The number of carbonyl (C=O) groups excluding carboxylic acids is 1. The van der Waals surface area contributed by atoms with Crippen molar-refractivity contribution in [3.05, 3.63) is 83.3 Å². The number of halogens is 2. The van der Waals surface area contributed by atoms with E-state index in [1.807, 2.05) is 43.9 Å². The first-order valence-electron chi connectivity index (χ1n) is 15.5. The van der Waals surface area contributed by atoms with Crippen LogP contribution < -0.4 is 0 Å². The van der Waals surface area contributed by atoms with Crippen molar-refractivity contribution in [3.8, 4) is 5.69 Å². The van der Waals surface area contributed by atoms with Crippen LogP contribution in [0.1, 0.15) is 93.5 Å². The van der Waals surface area contributed by atoms with Gasteiger partial charge in [0, 0.05) is 49.4 Å². The molecule has 1 spiro atoms. The van der Waals surface area contributed by atoms with Crippen molar-refractivity contribution in [2.75, 3.05) is 6.54 Å². The number of ether oxygens (including phenoxy) is 1. The topological polar surface area (TPSA) is 52.3 Å². The zero-order chi connectivity index (χ0) is 30.1. The highest BCUT2D eigenvalue weighted by molar-refractivity contribution is 5.94. The second-order valence-electron chi connectivity index (χ2n) is 14.2. The lowest BCUT2D eigenvalue weighted by atomic mass is 9.59. The zero-order valence-electron chi connectivity index (χ0n) is 25.4. The molecule has 7 rings (SSSR count). The van der Waals surface area contributed by atoms with E-state index in [1.54, 1.807) is 10.8 Å². The Morgan fingerprint density at radius 1 is 1.09 bits per heavy atom. The van der Waals surface area contributed by atoms with Crippen LogP contribution in [0.4, 0.5) is 13.6 Å². The molecule has 2 saturated carbocycles. The molecule has 226 valence electrons. The summed E-state index contributed by atoms with van der Waals surface area (Å²) in [5.41, 5.74) is 5.77. The summed E-state index contributed by atoms with van der Waals surface area (Å²) in [6.45, 7) is 9.17. The van der Waals surface area contributed by atoms with Gasteiger partial charge in [-0.25, -0.2) is 18.3 Å². The van der Waals surface area contributed by atoms with E-state index < -0.39 is 11.5 Å². The summed E-state index contributed by atoms with van der Waals surface area (Å²) in [6, 6.07) is 14.6. The predicted molar refractivity (Wildman–Crippen MR) is 163 cm³/mol. The third-order valence-electron chi connectivity index (χ3n) is 9.58. The number of aromatic nitrogens is 3. The van der Waals surface area contributed by atoms with E-state index in [9.17, 15) is 13.6 Å². The van der Waals surface area contributed by atoms with Crippen molar-refractivity contribution in [2.24, 2.45) is 5.41 Å². The first kappa shape index (κ1) is 28.3. The quantitative estimate of drug-likeness (QED) is 0.235. The van der Waals surface area contributed by atoms with Crippen LogP contribution in [0, 0.1) is 12.3 Å². The molecule has 6 nitrogen and oxygen atoms in total. The molecule has 2 aromatic heterocycles. The molecule has 3 aliphatic rings. The van der Waals surface area contributed by atoms with Gasteiger partial charge in [-0.1, -0.05) is 18.2 Å². The summed E-state index contributed by atoms with van der Waals surface area (Å²) >= 11 is 0. The average Bonchev–Trinajstić information content (AvgIpc) is 3.42. The van der Waals surface area contributed by atoms with E-state index in [1.165, 1.54) is 24.0 Å². The highest BCUT2D eigenvalue weighted by Crippen LogP contribution is 2.60. The normalized spacial score (nSPS) is 21.7. The minimum Gasteiger partial charge on any atom is -0.443 e. The van der Waals surface area contributed by atoms with Gasteiger partial charge in [-0.3, -0.25) is 9.47 Å². The zero-order valence-corrected chi connectivity index (χ0v) is 25.4. The number of benzene rings is 2. The van der Waals surface area contributed by atoms with Crippen LogP contribution >= 0.6 is 0 Å². The number of alkyl halides is 2. The molecular formula is C35H40F2N4O2. The van der Waals surface area contributed by atoms with E-state index in [2.05, 4.69) is 53.3 Å². The van der Waals surface area contributed by atoms with Crippen LogP contribution in [0.5, 0.6) is 0 Å². The summed E-state index contributed by atoms with van der Waals surface area (Å²) in [6.07, 6.45) is 8.92. The highest BCUT2D eigenvalue weighted by Gasteiger charge is 2.58. The Morgan fingerprint density at radius 3 is 2.47 bits per heavy atom. The molecule has 3 heterocycles. The first-order valence-corrected chi connectivity index (χ1v) is 15.5. The van der Waals surface area contributed by atoms with Crippen molar-refractivity contribution in [2.45, 2.75) is 96.2 Å². The summed E-state index contributed by atoms with van der Waals surface area (Å²) < 4.78 is 37.7. The molecule has 0 radical (unpaired) electrons. The molecule has 0 unspecified atom stereocenters. The van der Waals surface area contributed by atoms with Crippen LogP contribution in [0.25, 0.3) is 16.6 Å². The SMILES string of the molecule is Cc1cc(C2CC2)c(CN2CCC3(C[C@@H]2c2ccc(-n4cccn4)cc2)CC(F)(F)C3)c2ccn(C(=O)OC(C)(C)C)c12. The Bertz CT molecular complexity index is 1650. The number of hydrogen-bond donors (Lipinski definition) is 0. The average molecular weight is 587 g/mol. The van der Waals surface area contributed by atoms with Crippen molar-refractivity contribution in [1.82, 2.24) is 19.2 Å². The van der Waals surface area contributed by atoms with Gasteiger partial charge in [-0.15, -0.1) is 0 Å². The molecular weight excluding hydrogens is 546 g/mol. The first-order chi connectivity index (χ1) is 20.4. The van der Waals surface area contributed by atoms with Crippen LogP contribution in [0.2, 0.25) is 0 Å².